The predicted octanol–water partition coefficient (Wildman–Crippen LogP) is 2.40. The van der Waals surface area contributed by atoms with Gasteiger partial charge in [-0.25, -0.2) is 9.55 Å². The van der Waals surface area contributed by atoms with Gasteiger partial charge in [0.2, 0.25) is 5.43 Å². The molecule has 0 amide bonds. The van der Waals surface area contributed by atoms with E-state index in [1.54, 1.807) is 24.4 Å². The lowest BCUT2D eigenvalue weighted by Gasteiger charge is -2.12. The Kier molecular flexibility index (Phi) is 4.25. The molecule has 5 nitrogen and oxygen atoms in total. The zero-order chi connectivity index (χ0) is 18.3. The van der Waals surface area contributed by atoms with Crippen molar-refractivity contribution in [3.63, 3.8) is 0 Å². The summed E-state index contributed by atoms with van der Waals surface area (Å²) in [5.41, 5.74) is 3.85. The molecular formula is C20H22N3O2+. The Hall–Kier alpha value is -2.82. The number of carbonyl (C=O) groups is 1. The molecule has 0 saturated carbocycles. The second-order valence-electron chi connectivity index (χ2n) is 6.36. The minimum atomic E-state index is -0.262. The van der Waals surface area contributed by atoms with E-state index in [4.69, 9.17) is 0 Å². The third-order valence-corrected chi connectivity index (χ3v) is 4.83. The van der Waals surface area contributed by atoms with Crippen molar-refractivity contribution in [2.75, 3.05) is 0 Å². The average molecular weight is 336 g/mol. The number of pyridine rings is 3. The molecule has 0 aliphatic carbocycles. The van der Waals surface area contributed by atoms with Crippen molar-refractivity contribution in [2.24, 2.45) is 7.05 Å². The highest BCUT2D eigenvalue weighted by molar-refractivity contribution is 6.10. The number of hydrogen-bond donors (Lipinski definition) is 0. The maximum Gasteiger partial charge on any atom is 0.202 e. The normalized spacial score (nSPS) is 11.1. The standard InChI is InChI=1S/C20H22N3O2/c1-6-23-11-17(19(25)16-8-7-12(2)21-20(16)23)18(24)15-9-10-22(5)14(4)13(15)3/h7-11H,6H2,1-5H3/q+1. The van der Waals surface area contributed by atoms with E-state index in [1.165, 1.54) is 0 Å². The van der Waals surface area contributed by atoms with Crippen molar-refractivity contribution in [3.8, 4) is 0 Å². The molecule has 0 aliphatic heterocycles. The first-order valence-electron chi connectivity index (χ1n) is 8.36. The second-order valence-corrected chi connectivity index (χ2v) is 6.36. The maximum absolute atomic E-state index is 13.1. The molecule has 0 saturated heterocycles. The lowest BCUT2D eigenvalue weighted by molar-refractivity contribution is -0.678. The van der Waals surface area contributed by atoms with Crippen molar-refractivity contribution in [3.05, 3.63) is 68.9 Å². The Balaban J connectivity index is 2.28. The lowest BCUT2D eigenvalue weighted by Crippen LogP contribution is -2.33. The van der Waals surface area contributed by atoms with Crippen LogP contribution in [0.3, 0.4) is 0 Å². The summed E-state index contributed by atoms with van der Waals surface area (Å²) < 4.78 is 3.83. The van der Waals surface area contributed by atoms with Crippen LogP contribution in [0.15, 0.2) is 35.4 Å². The Morgan fingerprint density at radius 1 is 1.16 bits per heavy atom. The van der Waals surface area contributed by atoms with Crippen LogP contribution in [0.4, 0.5) is 0 Å². The predicted molar refractivity (Wildman–Crippen MR) is 96.9 cm³/mol. The summed E-state index contributed by atoms with van der Waals surface area (Å²) >= 11 is 0. The van der Waals surface area contributed by atoms with Gasteiger partial charge in [-0.3, -0.25) is 9.59 Å². The van der Waals surface area contributed by atoms with Crippen LogP contribution in [0.2, 0.25) is 0 Å². The van der Waals surface area contributed by atoms with Gasteiger partial charge in [0, 0.05) is 42.6 Å². The second kappa shape index (κ2) is 6.24. The van der Waals surface area contributed by atoms with Gasteiger partial charge >= 0.3 is 0 Å². The summed E-state index contributed by atoms with van der Waals surface area (Å²) in [6.07, 6.45) is 3.49. The summed E-state index contributed by atoms with van der Waals surface area (Å²) in [5.74, 6) is -0.240. The smallest absolute Gasteiger partial charge is 0.202 e. The Morgan fingerprint density at radius 2 is 1.88 bits per heavy atom. The minimum absolute atomic E-state index is 0.191. The molecule has 25 heavy (non-hydrogen) atoms. The van der Waals surface area contributed by atoms with Crippen LogP contribution in [-0.2, 0) is 13.6 Å². The molecule has 0 fully saturated rings. The molecule has 128 valence electrons. The van der Waals surface area contributed by atoms with Crippen LogP contribution in [0.25, 0.3) is 11.0 Å². The van der Waals surface area contributed by atoms with E-state index in [-0.39, 0.29) is 16.8 Å². The molecule has 3 heterocycles. The number of ketones is 1. The van der Waals surface area contributed by atoms with Crippen LogP contribution < -0.4 is 10.00 Å². The van der Waals surface area contributed by atoms with Gasteiger partial charge in [-0.15, -0.1) is 0 Å². The first-order valence-corrected chi connectivity index (χ1v) is 8.36. The van der Waals surface area contributed by atoms with Gasteiger partial charge < -0.3 is 4.57 Å². The highest BCUT2D eigenvalue weighted by atomic mass is 16.1. The molecule has 0 bridgehead atoms. The van der Waals surface area contributed by atoms with Crippen LogP contribution in [0, 0.1) is 20.8 Å². The van der Waals surface area contributed by atoms with Crippen molar-refractivity contribution >= 4 is 16.8 Å². The number of fused-ring (bicyclic) bond motifs is 1. The molecule has 3 rings (SSSR count). The fourth-order valence-electron chi connectivity index (χ4n) is 3.04. The number of nitrogens with zero attached hydrogens (tertiary/aromatic N) is 3. The summed E-state index contributed by atoms with van der Waals surface area (Å²) in [7, 11) is 1.94. The van der Waals surface area contributed by atoms with E-state index in [9.17, 15) is 9.59 Å². The lowest BCUT2D eigenvalue weighted by atomic mass is 9.98. The molecule has 0 aromatic carbocycles. The fourth-order valence-corrected chi connectivity index (χ4v) is 3.04. The van der Waals surface area contributed by atoms with Crippen molar-refractivity contribution in [1.82, 2.24) is 9.55 Å². The third-order valence-electron chi connectivity index (χ3n) is 4.83. The van der Waals surface area contributed by atoms with Crippen molar-refractivity contribution < 1.29 is 9.36 Å². The zero-order valence-corrected chi connectivity index (χ0v) is 15.3. The molecule has 5 heteroatoms. The fraction of sp³-hybridized carbons (Fsp3) is 0.300. The van der Waals surface area contributed by atoms with E-state index in [1.807, 2.05) is 50.1 Å². The first kappa shape index (κ1) is 17.0. The highest BCUT2D eigenvalue weighted by Gasteiger charge is 2.21. The van der Waals surface area contributed by atoms with Crippen LogP contribution in [0.5, 0.6) is 0 Å². The molecule has 0 N–H and O–H groups in total. The number of aryl methyl sites for hydroxylation is 3. The van der Waals surface area contributed by atoms with Crippen molar-refractivity contribution in [1.29, 1.82) is 0 Å². The van der Waals surface area contributed by atoms with Gasteiger partial charge in [0.05, 0.1) is 10.9 Å². The van der Waals surface area contributed by atoms with E-state index in [0.29, 0.717) is 23.1 Å². The van der Waals surface area contributed by atoms with Gasteiger partial charge in [0.25, 0.3) is 0 Å². The van der Waals surface area contributed by atoms with Crippen LogP contribution >= 0.6 is 0 Å². The van der Waals surface area contributed by atoms with E-state index in [0.717, 1.165) is 17.0 Å². The van der Waals surface area contributed by atoms with Gasteiger partial charge in [-0.2, -0.15) is 0 Å². The molecule has 0 spiro atoms. The summed E-state index contributed by atoms with van der Waals surface area (Å²) in [5, 5.41) is 0.481. The van der Waals surface area contributed by atoms with Crippen LogP contribution in [-0.4, -0.2) is 15.3 Å². The largest absolute Gasteiger partial charge is 0.332 e. The first-order chi connectivity index (χ1) is 11.8. The Morgan fingerprint density at radius 3 is 2.56 bits per heavy atom. The molecule has 0 aliphatic rings. The number of hydrogen-bond acceptors (Lipinski definition) is 3. The number of carbonyl (C=O) groups excluding carboxylic acids is 1. The molecule has 0 radical (unpaired) electrons. The maximum atomic E-state index is 13.1. The quantitative estimate of drug-likeness (QED) is 0.545. The van der Waals surface area contributed by atoms with E-state index in [2.05, 4.69) is 4.98 Å². The molecule has 3 aromatic heterocycles. The molecule has 0 atom stereocenters. The Bertz CT molecular complexity index is 1060. The SMILES string of the molecule is CCn1cc(C(=O)c2cc[n+](C)c(C)c2C)c(=O)c2ccc(C)nc21. The van der Waals surface area contributed by atoms with Crippen molar-refractivity contribution in [2.45, 2.75) is 34.2 Å². The van der Waals surface area contributed by atoms with Gasteiger partial charge in [-0.1, -0.05) is 0 Å². The van der Waals surface area contributed by atoms with Gasteiger partial charge in [0.1, 0.15) is 12.7 Å². The number of aromatic nitrogens is 3. The summed E-state index contributed by atoms with van der Waals surface area (Å²) in [6, 6.07) is 5.33. The monoisotopic (exact) mass is 336 g/mol. The van der Waals surface area contributed by atoms with E-state index >= 15 is 0 Å². The molecular weight excluding hydrogens is 314 g/mol. The summed E-state index contributed by atoms with van der Waals surface area (Å²) in [4.78, 5) is 30.5. The van der Waals surface area contributed by atoms with Gasteiger partial charge in [-0.05, 0) is 32.9 Å². The van der Waals surface area contributed by atoms with Gasteiger partial charge in [0.15, 0.2) is 17.7 Å². The zero-order valence-electron chi connectivity index (χ0n) is 15.3. The Labute approximate surface area is 146 Å². The average Bonchev–Trinajstić information content (AvgIpc) is 2.59. The topological polar surface area (TPSA) is 55.8 Å². The van der Waals surface area contributed by atoms with E-state index < -0.39 is 0 Å². The minimum Gasteiger partial charge on any atom is -0.332 e. The van der Waals surface area contributed by atoms with Crippen LogP contribution in [0.1, 0.15) is 39.8 Å². The molecule has 0 unspecified atom stereocenters. The summed E-state index contributed by atoms with van der Waals surface area (Å²) in [6.45, 7) is 8.37. The third kappa shape index (κ3) is 2.76. The molecule has 3 aromatic rings. The highest BCUT2D eigenvalue weighted by Crippen LogP contribution is 2.16. The number of rotatable bonds is 3.